The van der Waals surface area contributed by atoms with Crippen molar-refractivity contribution in [3.8, 4) is 0 Å². The summed E-state index contributed by atoms with van der Waals surface area (Å²) in [4.78, 5) is 1.92. The Bertz CT molecular complexity index is 356. The van der Waals surface area contributed by atoms with Crippen LogP contribution in [-0.4, -0.2) is 33.7 Å². The van der Waals surface area contributed by atoms with Crippen LogP contribution in [0, 0.1) is 5.41 Å². The summed E-state index contributed by atoms with van der Waals surface area (Å²) in [5, 5.41) is 11.8. The summed E-state index contributed by atoms with van der Waals surface area (Å²) >= 11 is 0. The summed E-state index contributed by atoms with van der Waals surface area (Å²) in [5.41, 5.74) is 6.61. The van der Waals surface area contributed by atoms with Gasteiger partial charge in [-0.1, -0.05) is 0 Å². The topological polar surface area (TPSA) is 70.9 Å². The quantitative estimate of drug-likeness (QED) is 0.520. The Morgan fingerprint density at radius 3 is 3.07 bits per heavy atom. The van der Waals surface area contributed by atoms with Crippen molar-refractivity contribution >= 4 is 5.96 Å². The van der Waals surface area contributed by atoms with Gasteiger partial charge in [-0.2, -0.15) is 5.10 Å². The predicted molar refractivity (Wildman–Crippen MR) is 58.7 cm³/mol. The van der Waals surface area contributed by atoms with E-state index >= 15 is 0 Å². The van der Waals surface area contributed by atoms with Gasteiger partial charge in [0.2, 0.25) is 0 Å². The number of piperidine rings is 1. The predicted octanol–water partition coefficient (Wildman–Crippen LogP) is 0.493. The molecule has 1 aliphatic rings. The van der Waals surface area contributed by atoms with E-state index in [1.807, 2.05) is 28.9 Å². The molecule has 1 fully saturated rings. The molecule has 0 unspecified atom stereocenters. The van der Waals surface area contributed by atoms with Crippen molar-refractivity contribution in [1.82, 2.24) is 14.7 Å². The lowest BCUT2D eigenvalue weighted by atomic mass is 9.95. The number of nitrogens with one attached hydrogen (secondary N) is 1. The number of hydrogen-bond acceptors (Lipinski definition) is 2. The molecule has 3 N–H and O–H groups in total. The molecule has 1 aromatic heterocycles. The van der Waals surface area contributed by atoms with Crippen molar-refractivity contribution in [1.29, 1.82) is 5.41 Å². The van der Waals surface area contributed by atoms with Crippen LogP contribution in [0.25, 0.3) is 0 Å². The molecule has 5 heteroatoms. The number of hydrogen-bond donors (Lipinski definition) is 2. The van der Waals surface area contributed by atoms with Gasteiger partial charge in [0.15, 0.2) is 5.96 Å². The molecule has 0 aliphatic carbocycles. The SMILES string of the molecule is Cn1ccc([C@H]2CCCN(C(=N)N)C2)n1. The molecule has 15 heavy (non-hydrogen) atoms. The summed E-state index contributed by atoms with van der Waals surface area (Å²) < 4.78 is 1.82. The lowest BCUT2D eigenvalue weighted by Gasteiger charge is -2.32. The lowest BCUT2D eigenvalue weighted by Crippen LogP contribution is -2.42. The van der Waals surface area contributed by atoms with Gasteiger partial charge in [0.25, 0.3) is 0 Å². The molecule has 2 heterocycles. The summed E-state index contributed by atoms with van der Waals surface area (Å²) in [5.74, 6) is 0.597. The Balaban J connectivity index is 2.07. The van der Waals surface area contributed by atoms with Gasteiger partial charge < -0.3 is 10.6 Å². The first-order valence-corrected chi connectivity index (χ1v) is 5.25. The molecule has 1 aliphatic heterocycles. The van der Waals surface area contributed by atoms with E-state index in [9.17, 15) is 0 Å². The molecule has 1 atom stereocenters. The first kappa shape index (κ1) is 10.0. The van der Waals surface area contributed by atoms with Crippen LogP contribution < -0.4 is 5.73 Å². The van der Waals surface area contributed by atoms with Crippen molar-refractivity contribution in [2.24, 2.45) is 12.8 Å². The maximum absolute atomic E-state index is 7.42. The normalized spacial score (nSPS) is 21.7. The summed E-state index contributed by atoms with van der Waals surface area (Å²) in [6, 6.07) is 2.05. The molecule has 0 aromatic carbocycles. The van der Waals surface area contributed by atoms with Crippen LogP contribution in [0.1, 0.15) is 24.5 Å². The monoisotopic (exact) mass is 207 g/mol. The van der Waals surface area contributed by atoms with Gasteiger partial charge in [0.1, 0.15) is 0 Å². The highest BCUT2D eigenvalue weighted by molar-refractivity contribution is 5.74. The minimum absolute atomic E-state index is 0.177. The maximum atomic E-state index is 7.42. The summed E-state index contributed by atoms with van der Waals surface area (Å²) in [7, 11) is 1.93. The van der Waals surface area contributed by atoms with E-state index in [0.717, 1.165) is 31.6 Å². The molecule has 0 spiro atoms. The second-order valence-corrected chi connectivity index (χ2v) is 4.08. The van der Waals surface area contributed by atoms with Gasteiger partial charge in [-0.05, 0) is 18.9 Å². The molecule has 1 saturated heterocycles. The van der Waals surface area contributed by atoms with Gasteiger partial charge in [0.05, 0.1) is 5.69 Å². The van der Waals surface area contributed by atoms with Gasteiger partial charge in [-0.15, -0.1) is 0 Å². The smallest absolute Gasteiger partial charge is 0.188 e. The Morgan fingerprint density at radius 2 is 2.47 bits per heavy atom. The zero-order chi connectivity index (χ0) is 10.8. The fourth-order valence-corrected chi connectivity index (χ4v) is 2.09. The number of rotatable bonds is 1. The van der Waals surface area contributed by atoms with Crippen molar-refractivity contribution in [2.75, 3.05) is 13.1 Å². The van der Waals surface area contributed by atoms with E-state index in [4.69, 9.17) is 11.1 Å². The van der Waals surface area contributed by atoms with Crippen molar-refractivity contribution in [2.45, 2.75) is 18.8 Å². The van der Waals surface area contributed by atoms with Crippen LogP contribution in [-0.2, 0) is 7.05 Å². The standard InChI is InChI=1S/C10H17N5/c1-14-6-4-9(13-14)8-3-2-5-15(7-8)10(11)12/h4,6,8H,2-3,5,7H2,1H3,(H3,11,12)/t8-/m0/s1. The van der Waals surface area contributed by atoms with Crippen LogP contribution >= 0.6 is 0 Å². The fraction of sp³-hybridized carbons (Fsp3) is 0.600. The molecular formula is C10H17N5. The van der Waals surface area contributed by atoms with E-state index in [2.05, 4.69) is 5.10 Å². The van der Waals surface area contributed by atoms with E-state index in [0.29, 0.717) is 5.92 Å². The third-order valence-corrected chi connectivity index (χ3v) is 2.91. The number of likely N-dealkylation sites (tertiary alicyclic amines) is 1. The molecule has 5 nitrogen and oxygen atoms in total. The van der Waals surface area contributed by atoms with E-state index < -0.39 is 0 Å². The van der Waals surface area contributed by atoms with Crippen LogP contribution in [0.4, 0.5) is 0 Å². The number of guanidine groups is 1. The Labute approximate surface area is 89.4 Å². The second kappa shape index (κ2) is 3.92. The van der Waals surface area contributed by atoms with Crippen LogP contribution in [0.3, 0.4) is 0 Å². The Hall–Kier alpha value is -1.52. The van der Waals surface area contributed by atoms with Gasteiger partial charge >= 0.3 is 0 Å². The number of aromatic nitrogens is 2. The van der Waals surface area contributed by atoms with Gasteiger partial charge in [-0.25, -0.2) is 0 Å². The van der Waals surface area contributed by atoms with Crippen molar-refractivity contribution in [3.05, 3.63) is 18.0 Å². The van der Waals surface area contributed by atoms with Crippen LogP contribution in [0.2, 0.25) is 0 Å². The zero-order valence-electron chi connectivity index (χ0n) is 8.98. The van der Waals surface area contributed by atoms with Crippen molar-refractivity contribution < 1.29 is 0 Å². The molecule has 1 aromatic rings. The molecule has 82 valence electrons. The van der Waals surface area contributed by atoms with Crippen molar-refractivity contribution in [3.63, 3.8) is 0 Å². The first-order valence-electron chi connectivity index (χ1n) is 5.25. The molecule has 0 bridgehead atoms. The van der Waals surface area contributed by atoms with Crippen LogP contribution in [0.5, 0.6) is 0 Å². The average Bonchev–Trinajstić information content (AvgIpc) is 2.65. The minimum Gasteiger partial charge on any atom is -0.370 e. The fourth-order valence-electron chi connectivity index (χ4n) is 2.09. The maximum Gasteiger partial charge on any atom is 0.188 e. The summed E-state index contributed by atoms with van der Waals surface area (Å²) in [6.07, 6.45) is 4.18. The zero-order valence-corrected chi connectivity index (χ0v) is 8.98. The van der Waals surface area contributed by atoms with Gasteiger partial charge in [0, 0.05) is 32.3 Å². The second-order valence-electron chi connectivity index (χ2n) is 4.08. The number of nitrogens with two attached hydrogens (primary N) is 1. The summed E-state index contributed by atoms with van der Waals surface area (Å²) in [6.45, 7) is 1.73. The minimum atomic E-state index is 0.177. The van der Waals surface area contributed by atoms with Gasteiger partial charge in [-0.3, -0.25) is 10.1 Å². The molecule has 2 rings (SSSR count). The largest absolute Gasteiger partial charge is 0.370 e. The lowest BCUT2D eigenvalue weighted by molar-refractivity contribution is 0.301. The molecule has 0 radical (unpaired) electrons. The molecule has 0 amide bonds. The molecular weight excluding hydrogens is 190 g/mol. The first-order chi connectivity index (χ1) is 7.16. The Kier molecular flexibility index (Phi) is 2.62. The third kappa shape index (κ3) is 2.11. The van der Waals surface area contributed by atoms with E-state index in [1.54, 1.807) is 0 Å². The van der Waals surface area contributed by atoms with E-state index in [-0.39, 0.29) is 5.96 Å². The third-order valence-electron chi connectivity index (χ3n) is 2.91. The average molecular weight is 207 g/mol. The number of nitrogens with zero attached hydrogens (tertiary/aromatic N) is 3. The van der Waals surface area contributed by atoms with Crippen LogP contribution in [0.15, 0.2) is 12.3 Å². The Morgan fingerprint density at radius 1 is 1.67 bits per heavy atom. The van der Waals surface area contributed by atoms with E-state index in [1.165, 1.54) is 0 Å². The highest BCUT2D eigenvalue weighted by Gasteiger charge is 2.23. The molecule has 0 saturated carbocycles. The number of aryl methyl sites for hydroxylation is 1. The highest BCUT2D eigenvalue weighted by Crippen LogP contribution is 2.24. The highest BCUT2D eigenvalue weighted by atomic mass is 15.3.